The molecule has 0 bridgehead atoms. The van der Waals surface area contributed by atoms with E-state index in [0.717, 1.165) is 66.7 Å². The minimum absolute atomic E-state index is 0.00327. The normalized spacial score (nSPS) is 18.8. The summed E-state index contributed by atoms with van der Waals surface area (Å²) in [7, 11) is 0. The Morgan fingerprint density at radius 2 is 2.09 bits per heavy atom. The molecule has 1 fully saturated rings. The van der Waals surface area contributed by atoms with Crippen molar-refractivity contribution in [2.24, 2.45) is 0 Å². The highest BCUT2D eigenvalue weighted by Crippen LogP contribution is 2.29. The third kappa shape index (κ3) is 3.71. The number of nitriles is 1. The Hall–Kier alpha value is -3.37. The first-order valence-corrected chi connectivity index (χ1v) is 11.1. The Morgan fingerprint density at radius 3 is 2.88 bits per heavy atom. The monoisotopic (exact) mass is 431 g/mol. The quantitative estimate of drug-likeness (QED) is 0.663. The van der Waals surface area contributed by atoms with Crippen LogP contribution in [0.5, 0.6) is 0 Å². The molecule has 2 aliphatic heterocycles. The third-order valence-electron chi connectivity index (χ3n) is 6.59. The van der Waals surface area contributed by atoms with E-state index in [9.17, 15) is 9.18 Å². The smallest absolute Gasteiger partial charge is 0.253 e. The summed E-state index contributed by atoms with van der Waals surface area (Å²) >= 11 is 0. The van der Waals surface area contributed by atoms with Gasteiger partial charge in [0.2, 0.25) is 0 Å². The van der Waals surface area contributed by atoms with E-state index in [4.69, 9.17) is 5.26 Å². The minimum atomic E-state index is -0.347. The molecule has 5 rings (SSSR count). The fourth-order valence-electron chi connectivity index (χ4n) is 5.01. The van der Waals surface area contributed by atoms with E-state index in [-0.39, 0.29) is 17.4 Å². The second-order valence-electron chi connectivity index (χ2n) is 8.77. The molecular formula is C25H26FN5O. The maximum absolute atomic E-state index is 14.5. The third-order valence-corrected chi connectivity index (χ3v) is 6.59. The van der Waals surface area contributed by atoms with Crippen LogP contribution in [0.25, 0.3) is 10.9 Å². The predicted molar refractivity (Wildman–Crippen MR) is 125 cm³/mol. The summed E-state index contributed by atoms with van der Waals surface area (Å²) in [6.45, 7) is 6.10. The molecule has 1 saturated heterocycles. The van der Waals surface area contributed by atoms with Crippen molar-refractivity contribution in [1.29, 1.82) is 5.26 Å². The van der Waals surface area contributed by atoms with Crippen LogP contribution in [-0.2, 0) is 13.0 Å². The highest BCUT2D eigenvalue weighted by molar-refractivity contribution is 5.93. The first-order chi connectivity index (χ1) is 15.5. The molecule has 32 heavy (non-hydrogen) atoms. The topological polar surface area (TPSA) is 75.2 Å². The Bertz CT molecular complexity index is 1280. The number of aromatic amines is 1. The SMILES string of the molecule is C[C@@H]1CN(Cc2ccc3c4c(c(=O)[nH]c3c2)CCCN4)CCN1c1ccc(C#N)cc1F. The van der Waals surface area contributed by atoms with Crippen LogP contribution in [0.15, 0.2) is 41.2 Å². The molecule has 0 radical (unpaired) electrons. The Balaban J connectivity index is 1.32. The predicted octanol–water partition coefficient (Wildman–Crippen LogP) is 3.61. The van der Waals surface area contributed by atoms with Crippen LogP contribution in [0, 0.1) is 17.1 Å². The number of nitrogens with one attached hydrogen (secondary N) is 2. The number of anilines is 2. The number of rotatable bonds is 3. The molecule has 1 aromatic heterocycles. The van der Waals surface area contributed by atoms with Crippen LogP contribution in [0.1, 0.15) is 30.0 Å². The summed E-state index contributed by atoms with van der Waals surface area (Å²) in [4.78, 5) is 20.0. The van der Waals surface area contributed by atoms with Gasteiger partial charge in [0, 0.05) is 49.7 Å². The van der Waals surface area contributed by atoms with Crippen molar-refractivity contribution in [2.45, 2.75) is 32.4 Å². The minimum Gasteiger partial charge on any atom is -0.384 e. The number of halogens is 1. The molecule has 7 heteroatoms. The molecule has 0 aliphatic carbocycles. The van der Waals surface area contributed by atoms with E-state index in [1.165, 1.54) is 6.07 Å². The van der Waals surface area contributed by atoms with Crippen molar-refractivity contribution in [3.05, 3.63) is 69.3 Å². The molecule has 3 heterocycles. The van der Waals surface area contributed by atoms with Crippen LogP contribution in [-0.4, -0.2) is 42.1 Å². The molecule has 0 amide bonds. The zero-order valence-electron chi connectivity index (χ0n) is 18.1. The summed E-state index contributed by atoms with van der Waals surface area (Å²) in [5, 5.41) is 13.4. The Morgan fingerprint density at radius 1 is 1.22 bits per heavy atom. The largest absolute Gasteiger partial charge is 0.384 e. The standard InChI is InChI=1S/C25H26FN5O/c1-16-14-30(9-10-31(16)23-7-5-17(13-27)11-21(23)26)15-18-4-6-19-22(12-18)29-25(32)20-3-2-8-28-24(19)20/h4-7,11-12,16,28H,2-3,8-10,14-15H2,1H3,(H,29,32)/t16-/m1/s1. The van der Waals surface area contributed by atoms with Crippen LogP contribution in [0.3, 0.4) is 0 Å². The molecule has 2 aliphatic rings. The molecule has 6 nitrogen and oxygen atoms in total. The van der Waals surface area contributed by atoms with Crippen LogP contribution in [0.2, 0.25) is 0 Å². The van der Waals surface area contributed by atoms with Gasteiger partial charge in [0.05, 0.1) is 28.5 Å². The summed E-state index contributed by atoms with van der Waals surface area (Å²) in [5.41, 5.74) is 4.74. The van der Waals surface area contributed by atoms with Gasteiger partial charge in [0.1, 0.15) is 5.82 Å². The van der Waals surface area contributed by atoms with E-state index < -0.39 is 0 Å². The van der Waals surface area contributed by atoms with Gasteiger partial charge in [0.15, 0.2) is 0 Å². The van der Waals surface area contributed by atoms with Crippen LogP contribution < -0.4 is 15.8 Å². The van der Waals surface area contributed by atoms with Gasteiger partial charge in [-0.3, -0.25) is 9.69 Å². The lowest BCUT2D eigenvalue weighted by molar-refractivity contribution is 0.220. The van der Waals surface area contributed by atoms with Crippen molar-refractivity contribution >= 4 is 22.3 Å². The van der Waals surface area contributed by atoms with Crippen molar-refractivity contribution < 1.29 is 4.39 Å². The van der Waals surface area contributed by atoms with E-state index in [1.807, 2.05) is 6.07 Å². The van der Waals surface area contributed by atoms with Crippen molar-refractivity contribution in [3.63, 3.8) is 0 Å². The summed E-state index contributed by atoms with van der Waals surface area (Å²) < 4.78 is 14.5. The lowest BCUT2D eigenvalue weighted by Crippen LogP contribution is -2.51. The number of hydrogen-bond donors (Lipinski definition) is 2. The van der Waals surface area contributed by atoms with Crippen molar-refractivity contribution in [2.75, 3.05) is 36.4 Å². The van der Waals surface area contributed by atoms with Gasteiger partial charge < -0.3 is 15.2 Å². The molecular weight excluding hydrogens is 405 g/mol. The molecule has 3 aromatic rings. The second kappa shape index (κ2) is 8.29. The van der Waals surface area contributed by atoms with Gasteiger partial charge in [-0.15, -0.1) is 0 Å². The second-order valence-corrected chi connectivity index (χ2v) is 8.77. The number of hydrogen-bond acceptors (Lipinski definition) is 5. The highest BCUT2D eigenvalue weighted by Gasteiger charge is 2.26. The first kappa shape index (κ1) is 20.5. The number of benzene rings is 2. The molecule has 2 N–H and O–H groups in total. The summed E-state index contributed by atoms with van der Waals surface area (Å²) in [6.07, 6.45) is 1.80. The van der Waals surface area contributed by atoms with Gasteiger partial charge >= 0.3 is 0 Å². The average molecular weight is 432 g/mol. The van der Waals surface area contributed by atoms with Gasteiger partial charge in [-0.25, -0.2) is 4.39 Å². The van der Waals surface area contributed by atoms with E-state index in [0.29, 0.717) is 17.8 Å². The fraction of sp³-hybridized carbons (Fsp3) is 0.360. The lowest BCUT2D eigenvalue weighted by Gasteiger charge is -2.41. The fourth-order valence-corrected chi connectivity index (χ4v) is 5.01. The number of piperazine rings is 1. The number of pyridine rings is 1. The summed E-state index contributed by atoms with van der Waals surface area (Å²) in [6, 6.07) is 13.1. The van der Waals surface area contributed by atoms with E-state index >= 15 is 0 Å². The van der Waals surface area contributed by atoms with Gasteiger partial charge in [0.25, 0.3) is 5.56 Å². The number of H-pyrrole nitrogens is 1. The van der Waals surface area contributed by atoms with Gasteiger partial charge in [-0.05, 0) is 49.6 Å². The Labute approximate surface area is 186 Å². The van der Waals surface area contributed by atoms with Gasteiger partial charge in [-0.1, -0.05) is 12.1 Å². The highest BCUT2D eigenvalue weighted by atomic mass is 19.1. The molecule has 0 saturated carbocycles. The Kier molecular flexibility index (Phi) is 5.32. The zero-order valence-corrected chi connectivity index (χ0v) is 18.1. The molecule has 0 unspecified atom stereocenters. The maximum atomic E-state index is 14.5. The van der Waals surface area contributed by atoms with Crippen molar-refractivity contribution in [3.8, 4) is 6.07 Å². The van der Waals surface area contributed by atoms with E-state index in [1.54, 1.807) is 12.1 Å². The molecule has 0 spiro atoms. The van der Waals surface area contributed by atoms with E-state index in [2.05, 4.69) is 45.2 Å². The average Bonchev–Trinajstić information content (AvgIpc) is 2.79. The first-order valence-electron chi connectivity index (χ1n) is 11.1. The number of fused-ring (bicyclic) bond motifs is 3. The van der Waals surface area contributed by atoms with Crippen LogP contribution >= 0.6 is 0 Å². The maximum Gasteiger partial charge on any atom is 0.253 e. The molecule has 2 aromatic carbocycles. The van der Waals surface area contributed by atoms with Gasteiger partial charge in [-0.2, -0.15) is 5.26 Å². The van der Waals surface area contributed by atoms with Crippen LogP contribution in [0.4, 0.5) is 15.8 Å². The molecule has 1 atom stereocenters. The zero-order chi connectivity index (χ0) is 22.2. The number of nitrogens with zero attached hydrogens (tertiary/aromatic N) is 3. The number of aromatic nitrogens is 1. The molecule has 164 valence electrons. The lowest BCUT2D eigenvalue weighted by atomic mass is 10.0. The van der Waals surface area contributed by atoms with Crippen molar-refractivity contribution in [1.82, 2.24) is 9.88 Å². The summed E-state index contributed by atoms with van der Waals surface area (Å²) in [5.74, 6) is -0.347.